The van der Waals surface area contributed by atoms with Crippen molar-refractivity contribution in [3.63, 3.8) is 0 Å². The van der Waals surface area contributed by atoms with Gasteiger partial charge in [-0.2, -0.15) is 13.2 Å². The van der Waals surface area contributed by atoms with Gasteiger partial charge in [-0.15, -0.1) is 0 Å². The van der Waals surface area contributed by atoms with Crippen LogP contribution in [0.25, 0.3) is 21.8 Å². The van der Waals surface area contributed by atoms with E-state index < -0.39 is 6.18 Å². The van der Waals surface area contributed by atoms with Gasteiger partial charge in [0.1, 0.15) is 13.6 Å². The molecule has 0 aliphatic rings. The summed E-state index contributed by atoms with van der Waals surface area (Å²) in [6, 6.07) is 18.8. The van der Waals surface area contributed by atoms with Gasteiger partial charge in [0.05, 0.1) is 11.0 Å². The van der Waals surface area contributed by atoms with Crippen LogP contribution in [0.1, 0.15) is 41.5 Å². The summed E-state index contributed by atoms with van der Waals surface area (Å²) in [6.07, 6.45) is -0.606. The molecule has 0 saturated carbocycles. The first-order valence-electron chi connectivity index (χ1n) is 9.91. The van der Waals surface area contributed by atoms with Crippen LogP contribution in [0.5, 0.6) is 0 Å². The number of fused-ring (bicyclic) bond motifs is 2. The predicted molar refractivity (Wildman–Crippen MR) is 129 cm³/mol. The zero-order chi connectivity index (χ0) is 27.0. The number of para-hydroxylation sites is 1. The van der Waals surface area contributed by atoms with Crippen LogP contribution in [0.2, 0.25) is 0 Å². The minimum absolute atomic E-state index is 0.0764. The van der Waals surface area contributed by atoms with Crippen LogP contribution < -0.4 is 0 Å². The Labute approximate surface area is 200 Å². The van der Waals surface area contributed by atoms with Crippen molar-refractivity contribution in [2.45, 2.75) is 26.9 Å². The summed E-state index contributed by atoms with van der Waals surface area (Å²) < 4.78 is 31.1. The lowest BCUT2D eigenvalue weighted by Gasteiger charge is -2.00. The molecule has 0 atom stereocenters. The lowest BCUT2D eigenvalue weighted by atomic mass is 10.1. The maximum atomic E-state index is 11.2. The molecular weight excluding hydrogens is 461 g/mol. The van der Waals surface area contributed by atoms with E-state index in [1.807, 2.05) is 68.2 Å². The van der Waals surface area contributed by atoms with E-state index >= 15 is 0 Å². The van der Waals surface area contributed by atoms with Crippen molar-refractivity contribution in [3.05, 3.63) is 84.2 Å². The number of halogens is 3. The second kappa shape index (κ2) is 15.5. The molecule has 0 bridgehead atoms. The number of hydrogen-bond donors (Lipinski definition) is 0. The quantitative estimate of drug-likeness (QED) is 0.319. The minimum atomic E-state index is -4.00. The van der Waals surface area contributed by atoms with Crippen LogP contribution >= 0.6 is 0 Å². The molecule has 0 saturated heterocycles. The molecule has 2 aromatic carbocycles. The van der Waals surface area contributed by atoms with Crippen molar-refractivity contribution < 1.29 is 32.3 Å². The lowest BCUT2D eigenvalue weighted by molar-refractivity contribution is -0.110. The van der Waals surface area contributed by atoms with E-state index in [-0.39, 0.29) is 18.5 Å². The third-order valence-electron chi connectivity index (χ3n) is 4.04. The van der Waals surface area contributed by atoms with Crippen LogP contribution in [-0.2, 0) is 9.59 Å². The highest BCUT2D eigenvalue weighted by Crippen LogP contribution is 2.16. The molecule has 0 aliphatic carbocycles. The SMILES string of the molecule is C=O.C=O.CC(=O)c1ccc2cccnc2c1.CC(=O)c1ccnc2ccccc12.CC(F)(F)F. The highest BCUT2D eigenvalue weighted by molar-refractivity contribution is 6.05. The molecule has 184 valence electrons. The van der Waals surface area contributed by atoms with Gasteiger partial charge in [0.15, 0.2) is 11.6 Å². The molecule has 0 spiro atoms. The van der Waals surface area contributed by atoms with Crippen molar-refractivity contribution in [2.24, 2.45) is 0 Å². The lowest BCUT2D eigenvalue weighted by Crippen LogP contribution is -1.95. The van der Waals surface area contributed by atoms with Gasteiger partial charge in [-0.05, 0) is 38.1 Å². The zero-order valence-electron chi connectivity index (χ0n) is 19.5. The molecule has 0 N–H and O–H groups in total. The molecule has 2 heterocycles. The Morgan fingerprint density at radius 2 is 1.31 bits per heavy atom. The van der Waals surface area contributed by atoms with Crippen LogP contribution in [0.4, 0.5) is 13.2 Å². The number of carbonyl (C=O) groups excluding carboxylic acids is 4. The van der Waals surface area contributed by atoms with Gasteiger partial charge in [0, 0.05) is 41.2 Å². The van der Waals surface area contributed by atoms with Crippen molar-refractivity contribution in [3.8, 4) is 0 Å². The van der Waals surface area contributed by atoms with Gasteiger partial charge >= 0.3 is 6.18 Å². The Hall–Kier alpha value is -4.27. The Kier molecular flexibility index (Phi) is 13.6. The molecule has 9 heteroatoms. The standard InChI is InChI=1S/2C11H9NO.C2H3F3.2CH2O/c1-8(13)10-5-4-9-3-2-6-12-11(9)7-10;1-8(13)9-6-7-12-11-5-3-2-4-10(9)11;1-2(3,4)5;2*1-2/h2*2-7H,1H3;1H3;2*1H2. The summed E-state index contributed by atoms with van der Waals surface area (Å²) in [4.78, 5) is 46.6. The number of nitrogens with zero attached hydrogens (tertiary/aromatic N) is 2. The Morgan fingerprint density at radius 3 is 1.89 bits per heavy atom. The molecule has 6 nitrogen and oxygen atoms in total. The summed E-state index contributed by atoms with van der Waals surface area (Å²) in [6.45, 7) is 7.32. The van der Waals surface area contributed by atoms with E-state index in [2.05, 4.69) is 9.97 Å². The van der Waals surface area contributed by atoms with Crippen molar-refractivity contribution in [1.29, 1.82) is 0 Å². The van der Waals surface area contributed by atoms with E-state index in [1.54, 1.807) is 32.3 Å². The first-order chi connectivity index (χ1) is 16.6. The third-order valence-corrected chi connectivity index (χ3v) is 4.04. The highest BCUT2D eigenvalue weighted by atomic mass is 19.4. The van der Waals surface area contributed by atoms with Gasteiger partial charge in [-0.25, -0.2) is 0 Å². The van der Waals surface area contributed by atoms with E-state index in [0.717, 1.165) is 27.4 Å². The summed E-state index contributed by atoms with van der Waals surface area (Å²) >= 11 is 0. The Balaban J connectivity index is 0.000000499. The number of rotatable bonds is 2. The second-order valence-corrected chi connectivity index (χ2v) is 6.68. The molecule has 35 heavy (non-hydrogen) atoms. The van der Waals surface area contributed by atoms with E-state index in [9.17, 15) is 22.8 Å². The smallest absolute Gasteiger partial charge is 0.307 e. The van der Waals surface area contributed by atoms with E-state index in [4.69, 9.17) is 9.59 Å². The van der Waals surface area contributed by atoms with Crippen molar-refractivity contribution in [2.75, 3.05) is 0 Å². The number of benzene rings is 2. The maximum absolute atomic E-state index is 11.2. The van der Waals surface area contributed by atoms with Gasteiger partial charge in [0.2, 0.25) is 0 Å². The number of hydrogen-bond acceptors (Lipinski definition) is 6. The Morgan fingerprint density at radius 1 is 0.743 bits per heavy atom. The Bertz CT molecular complexity index is 1220. The third kappa shape index (κ3) is 11.4. The maximum Gasteiger partial charge on any atom is 0.386 e. The van der Waals surface area contributed by atoms with Gasteiger partial charge in [0.25, 0.3) is 0 Å². The fraction of sp³-hybridized carbons (Fsp3) is 0.154. The first-order valence-corrected chi connectivity index (χ1v) is 9.91. The van der Waals surface area contributed by atoms with Crippen molar-refractivity contribution >= 4 is 47.0 Å². The molecule has 4 rings (SSSR count). The minimum Gasteiger partial charge on any atom is -0.307 e. The van der Waals surface area contributed by atoms with E-state index in [0.29, 0.717) is 5.56 Å². The monoisotopic (exact) mass is 486 g/mol. The molecule has 0 aliphatic heterocycles. The number of alkyl halides is 3. The first kappa shape index (κ1) is 30.7. The molecule has 0 fully saturated rings. The number of aromatic nitrogens is 2. The summed E-state index contributed by atoms with van der Waals surface area (Å²) in [7, 11) is 0. The number of ketones is 2. The number of carbonyl (C=O) groups is 4. The highest BCUT2D eigenvalue weighted by Gasteiger charge is 2.15. The number of pyridine rings is 2. The molecule has 0 amide bonds. The largest absolute Gasteiger partial charge is 0.386 e. The van der Waals surface area contributed by atoms with Crippen LogP contribution in [0.3, 0.4) is 0 Å². The molecular formula is C26H25F3N2O4. The summed E-state index contributed by atoms with van der Waals surface area (Å²) in [5.74, 6) is 0.158. The molecule has 0 radical (unpaired) electrons. The fourth-order valence-corrected chi connectivity index (χ4v) is 2.69. The zero-order valence-corrected chi connectivity index (χ0v) is 19.5. The van der Waals surface area contributed by atoms with Gasteiger partial charge < -0.3 is 9.59 Å². The van der Waals surface area contributed by atoms with Crippen LogP contribution in [-0.4, -0.2) is 41.3 Å². The summed E-state index contributed by atoms with van der Waals surface area (Å²) in [5, 5.41) is 1.99. The summed E-state index contributed by atoms with van der Waals surface area (Å²) in [5.41, 5.74) is 3.20. The number of Topliss-reactive ketones (excluding diaryl/α,β-unsaturated/α-hetero) is 2. The van der Waals surface area contributed by atoms with Gasteiger partial charge in [-0.3, -0.25) is 19.6 Å². The topological polar surface area (TPSA) is 94.1 Å². The average molecular weight is 486 g/mol. The average Bonchev–Trinajstić information content (AvgIpc) is 2.85. The van der Waals surface area contributed by atoms with E-state index in [1.165, 1.54) is 0 Å². The predicted octanol–water partition coefficient (Wildman–Crippen LogP) is 6.07. The van der Waals surface area contributed by atoms with Crippen LogP contribution in [0, 0.1) is 0 Å². The normalized spacial score (nSPS) is 9.54. The fourth-order valence-electron chi connectivity index (χ4n) is 2.69. The molecule has 4 aromatic rings. The van der Waals surface area contributed by atoms with Crippen molar-refractivity contribution in [1.82, 2.24) is 9.97 Å². The second-order valence-electron chi connectivity index (χ2n) is 6.68. The molecule has 2 aromatic heterocycles. The van der Waals surface area contributed by atoms with Crippen LogP contribution in [0.15, 0.2) is 73.1 Å². The molecule has 0 unspecified atom stereocenters. The van der Waals surface area contributed by atoms with Gasteiger partial charge in [-0.1, -0.05) is 36.4 Å².